The van der Waals surface area contributed by atoms with Crippen molar-refractivity contribution >= 4 is 57.0 Å². The van der Waals surface area contributed by atoms with Crippen LogP contribution in [0.2, 0.25) is 10.0 Å². The van der Waals surface area contributed by atoms with Gasteiger partial charge in [0.05, 0.1) is 26.3 Å². The number of anilines is 3. The van der Waals surface area contributed by atoms with Crippen LogP contribution in [0.1, 0.15) is 6.92 Å². The SMILES string of the molecule is CCNc1cc(Nc2cccc(Cl)c2Cl)c([N+](=O)[O-])c2nonc12. The van der Waals surface area contributed by atoms with Crippen LogP contribution in [0.25, 0.3) is 11.0 Å². The van der Waals surface area contributed by atoms with Crippen molar-refractivity contribution < 1.29 is 9.55 Å². The first-order valence-electron chi connectivity index (χ1n) is 6.91. The van der Waals surface area contributed by atoms with Crippen molar-refractivity contribution in [2.75, 3.05) is 17.2 Å². The number of hydrogen-bond donors (Lipinski definition) is 2. The number of aromatic nitrogens is 2. The van der Waals surface area contributed by atoms with Crippen LogP contribution in [0.15, 0.2) is 28.9 Å². The minimum Gasteiger partial charge on any atom is -0.383 e. The smallest absolute Gasteiger partial charge is 0.324 e. The molecule has 0 atom stereocenters. The normalized spacial score (nSPS) is 10.8. The Bertz CT molecular complexity index is 928. The number of nitro groups is 1. The fraction of sp³-hybridized carbons (Fsp3) is 0.143. The number of hydrogen-bond acceptors (Lipinski definition) is 7. The average Bonchev–Trinajstić information content (AvgIpc) is 3.01. The highest BCUT2D eigenvalue weighted by Crippen LogP contribution is 2.40. The van der Waals surface area contributed by atoms with E-state index in [0.29, 0.717) is 22.9 Å². The third kappa shape index (κ3) is 2.81. The van der Waals surface area contributed by atoms with E-state index in [1.165, 1.54) is 0 Å². The van der Waals surface area contributed by atoms with Gasteiger partial charge < -0.3 is 10.6 Å². The summed E-state index contributed by atoms with van der Waals surface area (Å²) in [5, 5.41) is 25.5. The third-order valence-electron chi connectivity index (χ3n) is 3.28. The molecule has 0 aliphatic rings. The number of benzene rings is 2. The third-order valence-corrected chi connectivity index (χ3v) is 4.10. The Morgan fingerprint density at radius 1 is 1.21 bits per heavy atom. The van der Waals surface area contributed by atoms with Crippen molar-refractivity contribution in [2.45, 2.75) is 6.92 Å². The summed E-state index contributed by atoms with van der Waals surface area (Å²) in [5.41, 5.74) is 1.25. The predicted octanol–water partition coefficient (Wildman–Crippen LogP) is 4.61. The molecule has 2 N–H and O–H groups in total. The van der Waals surface area contributed by atoms with Crippen molar-refractivity contribution in [1.82, 2.24) is 10.3 Å². The van der Waals surface area contributed by atoms with Crippen LogP contribution in [0.5, 0.6) is 0 Å². The maximum absolute atomic E-state index is 11.5. The minimum absolute atomic E-state index is 0.0408. The lowest BCUT2D eigenvalue weighted by atomic mass is 10.2. The van der Waals surface area contributed by atoms with E-state index in [1.807, 2.05) is 6.92 Å². The van der Waals surface area contributed by atoms with Gasteiger partial charge in [-0.25, -0.2) is 4.63 Å². The standard InChI is InChI=1S/C14H11Cl2N5O3/c1-2-17-9-6-10(18-8-5-3-4-7(15)11(8)16)14(21(22)23)13-12(9)19-24-20-13/h3-6,17-18H,2H2,1H3. The van der Waals surface area contributed by atoms with Gasteiger partial charge in [-0.15, -0.1) is 0 Å². The van der Waals surface area contributed by atoms with E-state index < -0.39 is 4.92 Å². The van der Waals surface area contributed by atoms with Crippen LogP contribution < -0.4 is 10.6 Å². The van der Waals surface area contributed by atoms with Crippen molar-refractivity contribution in [3.63, 3.8) is 0 Å². The lowest BCUT2D eigenvalue weighted by Gasteiger charge is -2.12. The summed E-state index contributed by atoms with van der Waals surface area (Å²) in [7, 11) is 0. The van der Waals surface area contributed by atoms with Gasteiger partial charge in [0.15, 0.2) is 5.52 Å². The molecule has 0 saturated carbocycles. The molecule has 0 unspecified atom stereocenters. The largest absolute Gasteiger partial charge is 0.383 e. The summed E-state index contributed by atoms with van der Waals surface area (Å²) in [4.78, 5) is 11.0. The highest BCUT2D eigenvalue weighted by Gasteiger charge is 2.26. The summed E-state index contributed by atoms with van der Waals surface area (Å²) < 4.78 is 4.67. The Morgan fingerprint density at radius 2 is 1.96 bits per heavy atom. The average molecular weight is 368 g/mol. The number of nitro benzene ring substituents is 1. The van der Waals surface area contributed by atoms with Crippen LogP contribution in [-0.2, 0) is 0 Å². The molecule has 3 aromatic rings. The molecule has 8 nitrogen and oxygen atoms in total. The first-order chi connectivity index (χ1) is 11.5. The number of nitrogens with zero attached hydrogens (tertiary/aromatic N) is 3. The maximum atomic E-state index is 11.5. The molecule has 0 bridgehead atoms. The van der Waals surface area contributed by atoms with Crippen molar-refractivity contribution in [3.05, 3.63) is 44.4 Å². The molecule has 0 fully saturated rings. The summed E-state index contributed by atoms with van der Waals surface area (Å²) in [6.45, 7) is 2.48. The molecule has 0 amide bonds. The Morgan fingerprint density at radius 3 is 2.67 bits per heavy atom. The summed E-state index contributed by atoms with van der Waals surface area (Å²) >= 11 is 12.1. The highest BCUT2D eigenvalue weighted by molar-refractivity contribution is 6.43. The van der Waals surface area contributed by atoms with E-state index in [-0.39, 0.29) is 27.4 Å². The maximum Gasteiger partial charge on any atom is 0.324 e. The van der Waals surface area contributed by atoms with Gasteiger partial charge in [0.2, 0.25) is 5.52 Å². The van der Waals surface area contributed by atoms with E-state index in [1.54, 1.807) is 24.3 Å². The van der Waals surface area contributed by atoms with Gasteiger partial charge in [0.1, 0.15) is 5.69 Å². The first-order valence-corrected chi connectivity index (χ1v) is 7.67. The van der Waals surface area contributed by atoms with Crippen LogP contribution in [-0.4, -0.2) is 21.8 Å². The molecule has 2 aromatic carbocycles. The molecular formula is C14H11Cl2N5O3. The Kier molecular flexibility index (Phi) is 4.41. The number of rotatable bonds is 5. The predicted molar refractivity (Wildman–Crippen MR) is 92.4 cm³/mol. The number of fused-ring (bicyclic) bond motifs is 1. The molecule has 124 valence electrons. The molecular weight excluding hydrogens is 357 g/mol. The van der Waals surface area contributed by atoms with E-state index in [4.69, 9.17) is 23.2 Å². The molecule has 0 aliphatic carbocycles. The van der Waals surface area contributed by atoms with Crippen molar-refractivity contribution in [2.24, 2.45) is 0 Å². The molecule has 10 heteroatoms. The molecule has 1 aromatic heterocycles. The quantitative estimate of drug-likeness (QED) is 0.500. The second-order valence-corrected chi connectivity index (χ2v) is 5.58. The fourth-order valence-corrected chi connectivity index (χ4v) is 2.63. The molecule has 0 spiro atoms. The number of halogens is 2. The van der Waals surface area contributed by atoms with Crippen LogP contribution in [0, 0.1) is 10.1 Å². The van der Waals surface area contributed by atoms with Crippen LogP contribution >= 0.6 is 23.2 Å². The monoisotopic (exact) mass is 367 g/mol. The van der Waals surface area contributed by atoms with Crippen LogP contribution in [0.3, 0.4) is 0 Å². The van der Waals surface area contributed by atoms with Gasteiger partial charge in [0, 0.05) is 6.54 Å². The van der Waals surface area contributed by atoms with E-state index >= 15 is 0 Å². The van der Waals surface area contributed by atoms with E-state index in [0.717, 1.165) is 0 Å². The summed E-state index contributed by atoms with van der Waals surface area (Å²) in [5.74, 6) is 0. The number of nitrogens with one attached hydrogen (secondary N) is 2. The van der Waals surface area contributed by atoms with Crippen LogP contribution in [0.4, 0.5) is 22.7 Å². The molecule has 0 radical (unpaired) electrons. The fourth-order valence-electron chi connectivity index (χ4n) is 2.28. The van der Waals surface area contributed by atoms with Gasteiger partial charge in [-0.2, -0.15) is 0 Å². The lowest BCUT2D eigenvalue weighted by Crippen LogP contribution is -2.03. The van der Waals surface area contributed by atoms with Gasteiger partial charge in [-0.3, -0.25) is 10.1 Å². The van der Waals surface area contributed by atoms with E-state index in [2.05, 4.69) is 25.6 Å². The van der Waals surface area contributed by atoms with Gasteiger partial charge >= 0.3 is 5.69 Å². The Labute approximate surface area is 145 Å². The highest BCUT2D eigenvalue weighted by atomic mass is 35.5. The first kappa shape index (κ1) is 16.3. The zero-order chi connectivity index (χ0) is 17.3. The lowest BCUT2D eigenvalue weighted by molar-refractivity contribution is -0.382. The Balaban J connectivity index is 2.20. The van der Waals surface area contributed by atoms with Gasteiger partial charge in [-0.05, 0) is 35.4 Å². The van der Waals surface area contributed by atoms with Crippen molar-refractivity contribution in [1.29, 1.82) is 0 Å². The van der Waals surface area contributed by atoms with Crippen molar-refractivity contribution in [3.8, 4) is 0 Å². The molecule has 1 heterocycles. The molecule has 0 saturated heterocycles. The zero-order valence-corrected chi connectivity index (χ0v) is 13.9. The van der Waals surface area contributed by atoms with E-state index in [9.17, 15) is 10.1 Å². The molecule has 3 rings (SSSR count). The molecule has 0 aliphatic heterocycles. The Hall–Kier alpha value is -2.58. The second kappa shape index (κ2) is 6.50. The second-order valence-electron chi connectivity index (χ2n) is 4.80. The topological polar surface area (TPSA) is 106 Å². The minimum atomic E-state index is -0.553. The summed E-state index contributed by atoms with van der Waals surface area (Å²) in [6.07, 6.45) is 0. The van der Waals surface area contributed by atoms with Gasteiger partial charge in [0.25, 0.3) is 0 Å². The summed E-state index contributed by atoms with van der Waals surface area (Å²) in [6, 6.07) is 6.53. The van der Waals surface area contributed by atoms with Gasteiger partial charge in [-0.1, -0.05) is 29.3 Å². The zero-order valence-electron chi connectivity index (χ0n) is 12.3. The molecule has 24 heavy (non-hydrogen) atoms.